The first-order valence-corrected chi connectivity index (χ1v) is 5.33. The van der Waals surface area contributed by atoms with Crippen LogP contribution in [0.4, 0.5) is 4.39 Å². The lowest BCUT2D eigenvalue weighted by Gasteiger charge is -2.01. The van der Waals surface area contributed by atoms with Crippen molar-refractivity contribution in [2.75, 3.05) is 0 Å². The van der Waals surface area contributed by atoms with Crippen LogP contribution in [0.15, 0.2) is 36.7 Å². The fourth-order valence-corrected chi connectivity index (χ4v) is 1.64. The van der Waals surface area contributed by atoms with Gasteiger partial charge in [-0.3, -0.25) is 0 Å². The molecular weight excluding hydrogens is 227 g/mol. The SMILES string of the molecule is Fc1cccc(CCc2cc(Cl)ncn2)c1. The monoisotopic (exact) mass is 236 g/mol. The van der Waals surface area contributed by atoms with Gasteiger partial charge in [0.25, 0.3) is 0 Å². The minimum absolute atomic E-state index is 0.210. The van der Waals surface area contributed by atoms with Crippen LogP contribution in [0.3, 0.4) is 0 Å². The predicted molar refractivity (Wildman–Crippen MR) is 60.9 cm³/mol. The summed E-state index contributed by atoms with van der Waals surface area (Å²) in [4.78, 5) is 7.89. The molecule has 82 valence electrons. The molecular formula is C12H10ClFN2. The van der Waals surface area contributed by atoms with Gasteiger partial charge in [0, 0.05) is 5.69 Å². The largest absolute Gasteiger partial charge is 0.241 e. The summed E-state index contributed by atoms with van der Waals surface area (Å²) in [7, 11) is 0. The van der Waals surface area contributed by atoms with Crippen LogP contribution in [0.1, 0.15) is 11.3 Å². The Bertz CT molecular complexity index is 442. The van der Waals surface area contributed by atoms with Crippen molar-refractivity contribution < 1.29 is 4.39 Å². The minimum Gasteiger partial charge on any atom is -0.241 e. The molecule has 1 aromatic carbocycles. The summed E-state index contributed by atoms with van der Waals surface area (Å²) in [5.41, 5.74) is 1.82. The molecule has 2 aromatic rings. The van der Waals surface area contributed by atoms with Crippen molar-refractivity contribution in [3.05, 3.63) is 58.9 Å². The average Bonchev–Trinajstić information content (AvgIpc) is 2.27. The molecule has 0 saturated heterocycles. The molecule has 0 amide bonds. The maximum Gasteiger partial charge on any atom is 0.132 e. The molecule has 0 unspecified atom stereocenters. The smallest absolute Gasteiger partial charge is 0.132 e. The van der Waals surface area contributed by atoms with Crippen LogP contribution in [0.5, 0.6) is 0 Å². The lowest BCUT2D eigenvalue weighted by molar-refractivity contribution is 0.625. The lowest BCUT2D eigenvalue weighted by atomic mass is 10.1. The standard InChI is InChI=1S/C12H10ClFN2/c13-12-7-11(15-8-16-12)5-4-9-2-1-3-10(14)6-9/h1-3,6-8H,4-5H2. The highest BCUT2D eigenvalue weighted by Gasteiger charge is 1.99. The number of halogens is 2. The van der Waals surface area contributed by atoms with Gasteiger partial charge < -0.3 is 0 Å². The normalized spacial score (nSPS) is 10.4. The number of hydrogen-bond acceptors (Lipinski definition) is 2. The van der Waals surface area contributed by atoms with Gasteiger partial charge in [0.05, 0.1) is 0 Å². The lowest BCUT2D eigenvalue weighted by Crippen LogP contribution is -1.95. The van der Waals surface area contributed by atoms with Gasteiger partial charge in [0.2, 0.25) is 0 Å². The zero-order valence-electron chi connectivity index (χ0n) is 8.53. The summed E-state index contributed by atoms with van der Waals surface area (Å²) in [6.45, 7) is 0. The van der Waals surface area contributed by atoms with Crippen molar-refractivity contribution in [2.24, 2.45) is 0 Å². The second-order valence-electron chi connectivity index (χ2n) is 3.46. The van der Waals surface area contributed by atoms with E-state index in [1.165, 1.54) is 18.5 Å². The summed E-state index contributed by atoms with van der Waals surface area (Å²) in [6.07, 6.45) is 2.90. The summed E-state index contributed by atoms with van der Waals surface area (Å²) in [6, 6.07) is 8.29. The van der Waals surface area contributed by atoms with Gasteiger partial charge in [-0.25, -0.2) is 14.4 Å². The molecule has 4 heteroatoms. The van der Waals surface area contributed by atoms with E-state index in [1.54, 1.807) is 12.1 Å². The van der Waals surface area contributed by atoms with Gasteiger partial charge in [-0.2, -0.15) is 0 Å². The quantitative estimate of drug-likeness (QED) is 0.766. The summed E-state index contributed by atoms with van der Waals surface area (Å²) >= 11 is 5.74. The van der Waals surface area contributed by atoms with Crippen LogP contribution in [-0.2, 0) is 12.8 Å². The van der Waals surface area contributed by atoms with E-state index in [-0.39, 0.29) is 5.82 Å². The van der Waals surface area contributed by atoms with E-state index in [0.29, 0.717) is 5.15 Å². The van der Waals surface area contributed by atoms with E-state index in [4.69, 9.17) is 11.6 Å². The zero-order valence-corrected chi connectivity index (χ0v) is 9.28. The van der Waals surface area contributed by atoms with E-state index in [9.17, 15) is 4.39 Å². The van der Waals surface area contributed by atoms with Crippen molar-refractivity contribution >= 4 is 11.6 Å². The van der Waals surface area contributed by atoms with Crippen molar-refractivity contribution in [3.8, 4) is 0 Å². The number of aromatic nitrogens is 2. The molecule has 1 aromatic heterocycles. The Morgan fingerprint density at radius 2 is 2.00 bits per heavy atom. The van der Waals surface area contributed by atoms with E-state index < -0.39 is 0 Å². The molecule has 1 heterocycles. The molecule has 0 spiro atoms. The number of hydrogen-bond donors (Lipinski definition) is 0. The van der Waals surface area contributed by atoms with Crippen molar-refractivity contribution in [1.29, 1.82) is 0 Å². The zero-order chi connectivity index (χ0) is 11.4. The average molecular weight is 237 g/mol. The molecule has 0 radical (unpaired) electrons. The summed E-state index contributed by atoms with van der Waals surface area (Å²) in [5, 5.41) is 0.434. The topological polar surface area (TPSA) is 25.8 Å². The van der Waals surface area contributed by atoms with Crippen LogP contribution in [0.2, 0.25) is 5.15 Å². The second-order valence-corrected chi connectivity index (χ2v) is 3.85. The molecule has 0 aliphatic carbocycles. The van der Waals surface area contributed by atoms with Gasteiger partial charge in [-0.15, -0.1) is 0 Å². The molecule has 0 saturated carbocycles. The Labute approximate surface area is 98.1 Å². The van der Waals surface area contributed by atoms with Gasteiger partial charge >= 0.3 is 0 Å². The van der Waals surface area contributed by atoms with E-state index in [2.05, 4.69) is 9.97 Å². The summed E-state index contributed by atoms with van der Waals surface area (Å²) < 4.78 is 12.9. The van der Waals surface area contributed by atoms with Gasteiger partial charge in [-0.05, 0) is 36.6 Å². The Kier molecular flexibility index (Phi) is 3.47. The molecule has 0 bridgehead atoms. The van der Waals surface area contributed by atoms with E-state index in [1.807, 2.05) is 6.07 Å². The molecule has 2 rings (SSSR count). The van der Waals surface area contributed by atoms with Crippen LogP contribution in [0.25, 0.3) is 0 Å². The van der Waals surface area contributed by atoms with Crippen LogP contribution < -0.4 is 0 Å². The summed E-state index contributed by atoms with van der Waals surface area (Å²) in [5.74, 6) is -0.210. The van der Waals surface area contributed by atoms with Gasteiger partial charge in [0.1, 0.15) is 17.3 Å². The molecule has 0 N–H and O–H groups in total. The van der Waals surface area contributed by atoms with Crippen LogP contribution in [-0.4, -0.2) is 9.97 Å². The maximum absolute atomic E-state index is 12.9. The Morgan fingerprint density at radius 1 is 1.12 bits per heavy atom. The van der Waals surface area contributed by atoms with E-state index in [0.717, 1.165) is 24.1 Å². The van der Waals surface area contributed by atoms with Crippen molar-refractivity contribution in [1.82, 2.24) is 9.97 Å². The van der Waals surface area contributed by atoms with Crippen molar-refractivity contribution in [2.45, 2.75) is 12.8 Å². The fourth-order valence-electron chi connectivity index (χ4n) is 1.47. The molecule has 2 nitrogen and oxygen atoms in total. The highest BCUT2D eigenvalue weighted by molar-refractivity contribution is 6.29. The fraction of sp³-hybridized carbons (Fsp3) is 0.167. The maximum atomic E-state index is 12.9. The number of benzene rings is 1. The third kappa shape index (κ3) is 3.00. The van der Waals surface area contributed by atoms with Gasteiger partial charge in [0.15, 0.2) is 0 Å². The van der Waals surface area contributed by atoms with Crippen molar-refractivity contribution in [3.63, 3.8) is 0 Å². The van der Waals surface area contributed by atoms with E-state index >= 15 is 0 Å². The second kappa shape index (κ2) is 5.03. The first-order chi connectivity index (χ1) is 7.74. The Balaban J connectivity index is 2.02. The van der Waals surface area contributed by atoms with Gasteiger partial charge in [-0.1, -0.05) is 23.7 Å². The third-order valence-electron chi connectivity index (χ3n) is 2.25. The number of nitrogens with zero attached hydrogens (tertiary/aromatic N) is 2. The molecule has 0 aliphatic rings. The first-order valence-electron chi connectivity index (χ1n) is 4.95. The molecule has 0 fully saturated rings. The number of rotatable bonds is 3. The highest BCUT2D eigenvalue weighted by Crippen LogP contribution is 2.09. The minimum atomic E-state index is -0.210. The molecule has 0 atom stereocenters. The molecule has 16 heavy (non-hydrogen) atoms. The predicted octanol–water partition coefficient (Wildman–Crippen LogP) is 3.05. The highest BCUT2D eigenvalue weighted by atomic mass is 35.5. The molecule has 0 aliphatic heterocycles. The van der Waals surface area contributed by atoms with Crippen LogP contribution in [0, 0.1) is 5.82 Å². The number of aryl methyl sites for hydroxylation is 2. The Morgan fingerprint density at radius 3 is 2.75 bits per heavy atom. The third-order valence-corrected chi connectivity index (χ3v) is 2.46. The first kappa shape index (κ1) is 11.0. The Hall–Kier alpha value is -1.48. The van der Waals surface area contributed by atoms with Crippen LogP contribution >= 0.6 is 11.6 Å².